The third-order valence-corrected chi connectivity index (χ3v) is 5.36. The second kappa shape index (κ2) is 4.93. The molecule has 0 bridgehead atoms. The molecule has 0 amide bonds. The highest BCUT2D eigenvalue weighted by Crippen LogP contribution is 2.42. The normalized spacial score (nSPS) is 18.6. The summed E-state index contributed by atoms with van der Waals surface area (Å²) >= 11 is 1.66. The molecule has 1 aliphatic rings. The van der Waals surface area contributed by atoms with Gasteiger partial charge in [-0.05, 0) is 36.1 Å². The second-order valence-electron chi connectivity index (χ2n) is 4.41. The number of benzene rings is 1. The predicted octanol–water partition coefficient (Wildman–Crippen LogP) is 2.14. The first-order valence-electron chi connectivity index (χ1n) is 5.56. The summed E-state index contributed by atoms with van der Waals surface area (Å²) in [7, 11) is -3.20. The molecule has 1 unspecified atom stereocenters. The van der Waals surface area contributed by atoms with Crippen LogP contribution in [-0.4, -0.2) is 31.5 Å². The van der Waals surface area contributed by atoms with E-state index in [1.807, 2.05) is 6.07 Å². The Labute approximate surface area is 110 Å². The van der Waals surface area contributed by atoms with Crippen LogP contribution in [0.4, 0.5) is 0 Å². The predicted molar refractivity (Wildman–Crippen MR) is 69.9 cm³/mol. The number of carboxylic acid groups (broad SMARTS) is 1. The first-order valence-corrected chi connectivity index (χ1v) is 8.44. The van der Waals surface area contributed by atoms with Crippen LogP contribution in [0.15, 0.2) is 28.0 Å². The lowest BCUT2D eigenvalue weighted by molar-refractivity contribution is -0.137. The molecule has 6 heteroatoms. The minimum absolute atomic E-state index is 0.119. The Balaban J connectivity index is 2.28. The molecule has 18 heavy (non-hydrogen) atoms. The molecule has 98 valence electrons. The topological polar surface area (TPSA) is 71.4 Å². The van der Waals surface area contributed by atoms with Crippen molar-refractivity contribution in [1.29, 1.82) is 0 Å². The number of sulfone groups is 1. The number of hydrogen-bond donors (Lipinski definition) is 1. The van der Waals surface area contributed by atoms with Crippen molar-refractivity contribution in [2.45, 2.75) is 28.6 Å². The number of carbonyl (C=O) groups is 1. The van der Waals surface area contributed by atoms with Crippen molar-refractivity contribution in [2.24, 2.45) is 0 Å². The number of hydrogen-bond acceptors (Lipinski definition) is 4. The van der Waals surface area contributed by atoms with Gasteiger partial charge in [-0.25, -0.2) is 8.42 Å². The fourth-order valence-corrected chi connectivity index (χ4v) is 3.96. The van der Waals surface area contributed by atoms with Crippen molar-refractivity contribution >= 4 is 27.6 Å². The molecular weight excluding hydrogens is 272 g/mol. The van der Waals surface area contributed by atoms with Gasteiger partial charge in [0.1, 0.15) is 0 Å². The van der Waals surface area contributed by atoms with Crippen LogP contribution >= 0.6 is 11.8 Å². The minimum Gasteiger partial charge on any atom is -0.481 e. The van der Waals surface area contributed by atoms with Gasteiger partial charge < -0.3 is 5.11 Å². The highest BCUT2D eigenvalue weighted by Gasteiger charge is 2.25. The van der Waals surface area contributed by atoms with Gasteiger partial charge in [-0.3, -0.25) is 4.79 Å². The number of rotatable bonds is 4. The SMILES string of the molecule is CS(=O)(=O)c1ccc2c(c1)C(CCC(=O)O)CS2. The standard InChI is InChI=1S/C12H14O4S2/c1-18(15,16)9-3-4-11-10(6-9)8(7-17-11)2-5-12(13)14/h3-4,6,8H,2,5,7H2,1H3,(H,13,14). The number of thioether (sulfide) groups is 1. The summed E-state index contributed by atoms with van der Waals surface area (Å²) in [4.78, 5) is 12.0. The first kappa shape index (κ1) is 13.4. The molecule has 2 rings (SSSR count). The molecule has 1 aliphatic heterocycles. The Morgan fingerprint density at radius 1 is 1.50 bits per heavy atom. The zero-order valence-electron chi connectivity index (χ0n) is 9.92. The third-order valence-electron chi connectivity index (χ3n) is 3.00. The number of aliphatic carboxylic acids is 1. The molecule has 0 saturated heterocycles. The van der Waals surface area contributed by atoms with E-state index in [0.717, 1.165) is 16.2 Å². The van der Waals surface area contributed by atoms with Crippen molar-refractivity contribution in [1.82, 2.24) is 0 Å². The summed E-state index contributed by atoms with van der Waals surface area (Å²) in [5.74, 6) is 0.158. The van der Waals surface area contributed by atoms with E-state index in [1.54, 1.807) is 23.9 Å². The molecule has 4 nitrogen and oxygen atoms in total. The van der Waals surface area contributed by atoms with Gasteiger partial charge in [0, 0.05) is 23.3 Å². The van der Waals surface area contributed by atoms with Crippen molar-refractivity contribution in [2.75, 3.05) is 12.0 Å². The van der Waals surface area contributed by atoms with Gasteiger partial charge in [-0.2, -0.15) is 0 Å². The summed E-state index contributed by atoms with van der Waals surface area (Å²) in [6.45, 7) is 0. The Bertz CT molecular complexity index is 578. The van der Waals surface area contributed by atoms with Crippen LogP contribution in [0.5, 0.6) is 0 Å². The Hall–Kier alpha value is -1.01. The van der Waals surface area contributed by atoms with E-state index in [9.17, 15) is 13.2 Å². The molecule has 1 aromatic rings. The van der Waals surface area contributed by atoms with E-state index in [2.05, 4.69) is 0 Å². The van der Waals surface area contributed by atoms with Crippen molar-refractivity contribution in [3.8, 4) is 0 Å². The summed E-state index contributed by atoms with van der Waals surface area (Å²) in [5.41, 5.74) is 0.976. The van der Waals surface area contributed by atoms with Crippen molar-refractivity contribution < 1.29 is 18.3 Å². The molecule has 0 spiro atoms. The zero-order chi connectivity index (χ0) is 13.3. The molecule has 1 heterocycles. The van der Waals surface area contributed by atoms with E-state index in [4.69, 9.17) is 5.11 Å². The largest absolute Gasteiger partial charge is 0.481 e. The molecule has 1 atom stereocenters. The fourth-order valence-electron chi connectivity index (χ4n) is 2.02. The van der Waals surface area contributed by atoms with E-state index in [0.29, 0.717) is 11.3 Å². The van der Waals surface area contributed by atoms with Crippen LogP contribution in [0.2, 0.25) is 0 Å². The lowest BCUT2D eigenvalue weighted by Gasteiger charge is -2.10. The molecule has 0 fully saturated rings. The Morgan fingerprint density at radius 3 is 2.83 bits per heavy atom. The lowest BCUT2D eigenvalue weighted by atomic mass is 9.96. The van der Waals surface area contributed by atoms with E-state index in [-0.39, 0.29) is 12.3 Å². The van der Waals surface area contributed by atoms with Gasteiger partial charge in [0.05, 0.1) is 4.90 Å². The van der Waals surface area contributed by atoms with E-state index < -0.39 is 15.8 Å². The van der Waals surface area contributed by atoms with Crippen LogP contribution in [0, 0.1) is 0 Å². The first-order chi connectivity index (χ1) is 8.38. The lowest BCUT2D eigenvalue weighted by Crippen LogP contribution is -2.04. The second-order valence-corrected chi connectivity index (χ2v) is 7.49. The monoisotopic (exact) mass is 286 g/mol. The maximum absolute atomic E-state index is 11.5. The highest BCUT2D eigenvalue weighted by molar-refractivity contribution is 7.99. The van der Waals surface area contributed by atoms with Crippen LogP contribution in [0.25, 0.3) is 0 Å². The maximum atomic E-state index is 11.5. The third kappa shape index (κ3) is 2.87. The molecule has 0 aromatic heterocycles. The van der Waals surface area contributed by atoms with Crippen LogP contribution < -0.4 is 0 Å². The van der Waals surface area contributed by atoms with E-state index in [1.165, 1.54) is 6.26 Å². The number of carboxylic acids is 1. The summed E-state index contributed by atoms with van der Waals surface area (Å²) in [5, 5.41) is 8.70. The van der Waals surface area contributed by atoms with E-state index >= 15 is 0 Å². The average Bonchev–Trinajstić information content (AvgIpc) is 2.67. The van der Waals surface area contributed by atoms with Gasteiger partial charge >= 0.3 is 5.97 Å². The average molecular weight is 286 g/mol. The van der Waals surface area contributed by atoms with Crippen LogP contribution in [-0.2, 0) is 14.6 Å². The van der Waals surface area contributed by atoms with Gasteiger partial charge in [0.15, 0.2) is 9.84 Å². The highest BCUT2D eigenvalue weighted by atomic mass is 32.2. The summed E-state index contributed by atoms with van der Waals surface area (Å²) in [6, 6.07) is 5.12. The van der Waals surface area contributed by atoms with Crippen LogP contribution in [0.1, 0.15) is 24.3 Å². The molecular formula is C12H14O4S2. The molecule has 1 N–H and O–H groups in total. The van der Waals surface area contributed by atoms with Gasteiger partial charge in [0.25, 0.3) is 0 Å². The zero-order valence-corrected chi connectivity index (χ0v) is 11.6. The molecule has 0 saturated carbocycles. The summed E-state index contributed by atoms with van der Waals surface area (Å²) in [6.07, 6.45) is 1.86. The van der Waals surface area contributed by atoms with Gasteiger partial charge in [0.2, 0.25) is 0 Å². The van der Waals surface area contributed by atoms with Crippen molar-refractivity contribution in [3.05, 3.63) is 23.8 Å². The molecule has 0 aliphatic carbocycles. The number of fused-ring (bicyclic) bond motifs is 1. The quantitative estimate of drug-likeness (QED) is 0.918. The molecule has 1 aromatic carbocycles. The molecule has 0 radical (unpaired) electrons. The minimum atomic E-state index is -3.20. The van der Waals surface area contributed by atoms with Gasteiger partial charge in [-0.1, -0.05) is 0 Å². The Kier molecular flexibility index (Phi) is 3.68. The fraction of sp³-hybridized carbons (Fsp3) is 0.417. The van der Waals surface area contributed by atoms with Crippen molar-refractivity contribution in [3.63, 3.8) is 0 Å². The maximum Gasteiger partial charge on any atom is 0.303 e. The van der Waals surface area contributed by atoms with Crippen LogP contribution in [0.3, 0.4) is 0 Å². The van der Waals surface area contributed by atoms with Gasteiger partial charge in [-0.15, -0.1) is 11.8 Å². The summed E-state index contributed by atoms with van der Waals surface area (Å²) < 4.78 is 23.0. The smallest absolute Gasteiger partial charge is 0.303 e. The Morgan fingerprint density at radius 2 is 2.22 bits per heavy atom.